The Balaban J connectivity index is 1.72. The highest BCUT2D eigenvalue weighted by Gasteiger charge is 2.35. The van der Waals surface area contributed by atoms with Gasteiger partial charge in [0.25, 0.3) is 0 Å². The van der Waals surface area contributed by atoms with Gasteiger partial charge in [0.1, 0.15) is 0 Å². The third-order valence-corrected chi connectivity index (χ3v) is 6.87. The summed E-state index contributed by atoms with van der Waals surface area (Å²) < 4.78 is 33.5. The van der Waals surface area contributed by atoms with E-state index in [1.807, 2.05) is 24.3 Å². The van der Waals surface area contributed by atoms with Crippen LogP contribution in [0.5, 0.6) is 0 Å². The highest BCUT2D eigenvalue weighted by molar-refractivity contribution is 7.89. The second-order valence-corrected chi connectivity index (χ2v) is 8.64. The van der Waals surface area contributed by atoms with E-state index in [2.05, 4.69) is 5.32 Å². The molecular weight excluding hydrogens is 360 g/mol. The molecule has 0 radical (unpaired) electrons. The fourth-order valence-electron chi connectivity index (χ4n) is 3.42. The summed E-state index contributed by atoms with van der Waals surface area (Å²) in [6, 6.07) is 12.4. The number of hydrogen-bond acceptors (Lipinski definition) is 4. The van der Waals surface area contributed by atoms with Gasteiger partial charge in [-0.1, -0.05) is 29.8 Å². The van der Waals surface area contributed by atoms with Gasteiger partial charge in [-0.15, -0.1) is 0 Å². The summed E-state index contributed by atoms with van der Waals surface area (Å²) in [5.74, 6) is 0. The molecule has 2 aliphatic rings. The summed E-state index contributed by atoms with van der Waals surface area (Å²) in [7, 11) is -3.60. The van der Waals surface area contributed by atoms with Crippen LogP contribution in [-0.2, 0) is 28.0 Å². The van der Waals surface area contributed by atoms with Crippen molar-refractivity contribution in [3.63, 3.8) is 0 Å². The predicted octanol–water partition coefficient (Wildman–Crippen LogP) is 2.71. The van der Waals surface area contributed by atoms with Crippen molar-refractivity contribution in [1.82, 2.24) is 9.62 Å². The molecule has 25 heavy (non-hydrogen) atoms. The molecule has 132 valence electrons. The minimum absolute atomic E-state index is 0.276. The van der Waals surface area contributed by atoms with E-state index in [0.29, 0.717) is 42.8 Å². The third kappa shape index (κ3) is 3.20. The van der Waals surface area contributed by atoms with Crippen molar-refractivity contribution in [3.8, 4) is 0 Å². The van der Waals surface area contributed by atoms with E-state index in [4.69, 9.17) is 16.3 Å². The molecule has 7 heteroatoms. The molecule has 1 atom stereocenters. The summed E-state index contributed by atoms with van der Waals surface area (Å²) in [6.07, 6.45) is 0. The molecule has 1 N–H and O–H groups in total. The van der Waals surface area contributed by atoms with Crippen LogP contribution in [0.1, 0.15) is 22.7 Å². The van der Waals surface area contributed by atoms with E-state index < -0.39 is 10.0 Å². The first-order chi connectivity index (χ1) is 12.1. The quantitative estimate of drug-likeness (QED) is 0.892. The summed E-state index contributed by atoms with van der Waals surface area (Å²) in [4.78, 5) is 0.325. The molecule has 0 bridgehead atoms. The van der Waals surface area contributed by atoms with Crippen LogP contribution in [0.2, 0.25) is 5.02 Å². The number of benzene rings is 2. The largest absolute Gasteiger partial charge is 0.372 e. The SMILES string of the molecule is O=S(=O)(c1ccc2c(c1)COC2)N1CCNCC1c1cccc(Cl)c1. The average molecular weight is 379 g/mol. The molecule has 1 unspecified atom stereocenters. The van der Waals surface area contributed by atoms with Crippen LogP contribution in [0.4, 0.5) is 0 Å². The summed E-state index contributed by atoms with van der Waals surface area (Å²) in [6.45, 7) is 2.64. The van der Waals surface area contributed by atoms with Crippen LogP contribution in [0.25, 0.3) is 0 Å². The maximum Gasteiger partial charge on any atom is 0.243 e. The normalized spacial score (nSPS) is 21.2. The predicted molar refractivity (Wildman–Crippen MR) is 95.9 cm³/mol. The fraction of sp³-hybridized carbons (Fsp3) is 0.333. The number of hydrogen-bond donors (Lipinski definition) is 1. The van der Waals surface area contributed by atoms with E-state index in [9.17, 15) is 8.42 Å². The topological polar surface area (TPSA) is 58.6 Å². The van der Waals surface area contributed by atoms with E-state index >= 15 is 0 Å². The van der Waals surface area contributed by atoms with Gasteiger partial charge in [-0.05, 0) is 41.0 Å². The van der Waals surface area contributed by atoms with Crippen molar-refractivity contribution in [3.05, 3.63) is 64.2 Å². The molecule has 4 rings (SSSR count). The van der Waals surface area contributed by atoms with Crippen molar-refractivity contribution >= 4 is 21.6 Å². The Hall–Kier alpha value is -1.44. The number of piperazine rings is 1. The first kappa shape index (κ1) is 17.0. The molecule has 2 aromatic rings. The third-order valence-electron chi connectivity index (χ3n) is 4.73. The Bertz CT molecular complexity index is 901. The molecule has 0 saturated carbocycles. The number of fused-ring (bicyclic) bond motifs is 1. The highest BCUT2D eigenvalue weighted by atomic mass is 35.5. The lowest BCUT2D eigenvalue weighted by molar-refractivity contribution is 0.134. The molecule has 1 fully saturated rings. The van der Waals surface area contributed by atoms with E-state index in [-0.39, 0.29) is 6.04 Å². The molecule has 1 saturated heterocycles. The van der Waals surface area contributed by atoms with Gasteiger partial charge in [0, 0.05) is 24.7 Å². The van der Waals surface area contributed by atoms with Crippen molar-refractivity contribution in [2.24, 2.45) is 0 Å². The first-order valence-electron chi connectivity index (χ1n) is 8.23. The van der Waals surface area contributed by atoms with E-state index in [0.717, 1.165) is 16.7 Å². The Labute approximate surface area is 152 Å². The summed E-state index contributed by atoms with van der Waals surface area (Å²) in [5.41, 5.74) is 2.91. The van der Waals surface area contributed by atoms with Gasteiger partial charge in [0.2, 0.25) is 10.0 Å². The van der Waals surface area contributed by atoms with Crippen LogP contribution >= 0.6 is 11.6 Å². The Morgan fingerprint density at radius 1 is 1.12 bits per heavy atom. The lowest BCUT2D eigenvalue weighted by atomic mass is 10.1. The molecule has 2 aromatic carbocycles. The van der Waals surface area contributed by atoms with Crippen LogP contribution in [0, 0.1) is 0 Å². The van der Waals surface area contributed by atoms with Crippen LogP contribution in [-0.4, -0.2) is 32.4 Å². The molecule has 0 spiro atoms. The molecular formula is C18H19ClN2O3S. The first-order valence-corrected chi connectivity index (χ1v) is 10.0. The van der Waals surface area contributed by atoms with Gasteiger partial charge in [0.05, 0.1) is 24.2 Å². The van der Waals surface area contributed by atoms with Gasteiger partial charge < -0.3 is 10.1 Å². The lowest BCUT2D eigenvalue weighted by Crippen LogP contribution is -2.48. The van der Waals surface area contributed by atoms with Crippen molar-refractivity contribution in [2.75, 3.05) is 19.6 Å². The maximum absolute atomic E-state index is 13.3. The molecule has 2 heterocycles. The van der Waals surface area contributed by atoms with Crippen LogP contribution in [0.15, 0.2) is 47.4 Å². The van der Waals surface area contributed by atoms with Crippen molar-refractivity contribution in [2.45, 2.75) is 24.2 Å². The number of halogens is 1. The van der Waals surface area contributed by atoms with Crippen molar-refractivity contribution < 1.29 is 13.2 Å². The van der Waals surface area contributed by atoms with E-state index in [1.165, 1.54) is 0 Å². The number of sulfonamides is 1. The summed E-state index contributed by atoms with van der Waals surface area (Å²) >= 11 is 6.10. The van der Waals surface area contributed by atoms with Gasteiger partial charge in [-0.25, -0.2) is 8.42 Å². The summed E-state index contributed by atoms with van der Waals surface area (Å²) in [5, 5.41) is 3.89. The van der Waals surface area contributed by atoms with Crippen LogP contribution < -0.4 is 5.32 Å². The smallest absolute Gasteiger partial charge is 0.243 e. The highest BCUT2D eigenvalue weighted by Crippen LogP contribution is 2.31. The number of nitrogens with one attached hydrogen (secondary N) is 1. The fourth-order valence-corrected chi connectivity index (χ4v) is 5.28. The van der Waals surface area contributed by atoms with E-state index in [1.54, 1.807) is 22.5 Å². The Kier molecular flexibility index (Phi) is 4.56. The molecule has 0 amide bonds. The van der Waals surface area contributed by atoms with Gasteiger partial charge in [-0.3, -0.25) is 0 Å². The standard InChI is InChI=1S/C18H19ClN2O3S/c19-16-3-1-2-13(8-16)18-10-20-6-7-21(18)25(22,23)17-5-4-14-11-24-12-15(14)9-17/h1-5,8-9,18,20H,6-7,10-12H2. The minimum Gasteiger partial charge on any atom is -0.372 e. The second kappa shape index (κ2) is 6.70. The molecule has 2 aliphatic heterocycles. The monoisotopic (exact) mass is 378 g/mol. The second-order valence-electron chi connectivity index (χ2n) is 6.31. The average Bonchev–Trinajstić information content (AvgIpc) is 3.09. The molecule has 5 nitrogen and oxygen atoms in total. The zero-order chi connectivity index (χ0) is 17.4. The zero-order valence-corrected chi connectivity index (χ0v) is 15.2. The Morgan fingerprint density at radius 3 is 2.80 bits per heavy atom. The van der Waals surface area contributed by atoms with Gasteiger partial charge >= 0.3 is 0 Å². The number of nitrogens with zero attached hydrogens (tertiary/aromatic N) is 1. The zero-order valence-electron chi connectivity index (χ0n) is 13.6. The number of ether oxygens (including phenoxy) is 1. The molecule has 0 aliphatic carbocycles. The maximum atomic E-state index is 13.3. The minimum atomic E-state index is -3.60. The number of rotatable bonds is 3. The molecule has 0 aromatic heterocycles. The lowest BCUT2D eigenvalue weighted by Gasteiger charge is -2.35. The van der Waals surface area contributed by atoms with Gasteiger partial charge in [0.15, 0.2) is 0 Å². The Morgan fingerprint density at radius 2 is 1.96 bits per heavy atom. The van der Waals surface area contributed by atoms with Crippen LogP contribution in [0.3, 0.4) is 0 Å². The van der Waals surface area contributed by atoms with Crippen molar-refractivity contribution in [1.29, 1.82) is 0 Å². The van der Waals surface area contributed by atoms with Gasteiger partial charge in [-0.2, -0.15) is 4.31 Å².